The number of fused-ring (bicyclic) bond motifs is 1. The van der Waals surface area contributed by atoms with Gasteiger partial charge in [0.15, 0.2) is 0 Å². The van der Waals surface area contributed by atoms with Gasteiger partial charge in [-0.3, -0.25) is 9.69 Å². The lowest BCUT2D eigenvalue weighted by Crippen LogP contribution is -2.67. The van der Waals surface area contributed by atoms with Gasteiger partial charge in [0, 0.05) is 31.1 Å². The summed E-state index contributed by atoms with van der Waals surface area (Å²) in [5, 5.41) is 0. The minimum absolute atomic E-state index is 0.0375. The van der Waals surface area contributed by atoms with Gasteiger partial charge >= 0.3 is 0 Å². The Kier molecular flexibility index (Phi) is 6.41. The molecule has 0 spiro atoms. The number of piperidine rings is 1. The topological polar surface area (TPSA) is 23.6 Å². The number of hydrogen-bond acceptors (Lipinski definition) is 2. The van der Waals surface area contributed by atoms with E-state index in [0.29, 0.717) is 18.4 Å². The Hall–Kier alpha value is -1.94. The predicted molar refractivity (Wildman–Crippen MR) is 148 cm³/mol. The van der Waals surface area contributed by atoms with E-state index in [-0.39, 0.29) is 28.6 Å². The Balaban J connectivity index is 1.41. The molecule has 4 aliphatic carbocycles. The van der Waals surface area contributed by atoms with Crippen molar-refractivity contribution in [1.29, 1.82) is 0 Å². The summed E-state index contributed by atoms with van der Waals surface area (Å²) in [6.45, 7) is 9.50. The lowest BCUT2D eigenvalue weighted by Gasteiger charge is -2.63. The summed E-state index contributed by atoms with van der Waals surface area (Å²) in [6, 6.07) is 7.92. The van der Waals surface area contributed by atoms with Crippen molar-refractivity contribution in [1.82, 2.24) is 9.80 Å². The fourth-order valence-electron chi connectivity index (χ4n) is 9.21. The fraction of sp³-hybridized carbons (Fsp3) is 0.667. The highest BCUT2D eigenvalue weighted by atomic mass is 19.1. The van der Waals surface area contributed by atoms with Gasteiger partial charge in [0.1, 0.15) is 5.83 Å². The number of likely N-dealkylation sites (tertiary alicyclic amines) is 1. The van der Waals surface area contributed by atoms with Gasteiger partial charge in [-0.05, 0) is 99.3 Å². The maximum Gasteiger partial charge on any atom is 0.232 e. The molecule has 2 bridgehead atoms. The monoisotopic (exact) mass is 504 g/mol. The molecular formula is C33H45FN2O. The van der Waals surface area contributed by atoms with E-state index in [9.17, 15) is 9.18 Å². The first kappa shape index (κ1) is 25.3. The molecule has 0 N–H and O–H groups in total. The van der Waals surface area contributed by atoms with Crippen LogP contribution in [-0.2, 0) is 16.6 Å². The maximum atomic E-state index is 14.8. The number of carbonyl (C=O) groups excluding carboxylic acids is 1. The van der Waals surface area contributed by atoms with E-state index < -0.39 is 5.92 Å². The zero-order chi connectivity index (χ0) is 25.9. The molecule has 5 aliphatic rings. The number of nitrogens with zero attached hydrogens (tertiary/aromatic N) is 2. The number of hydrogen-bond donors (Lipinski definition) is 0. The molecule has 2 saturated carbocycles. The van der Waals surface area contributed by atoms with Crippen molar-refractivity contribution in [2.24, 2.45) is 23.2 Å². The molecule has 1 heterocycles. The van der Waals surface area contributed by atoms with Crippen LogP contribution in [0.2, 0.25) is 0 Å². The molecule has 1 aliphatic heterocycles. The van der Waals surface area contributed by atoms with E-state index in [2.05, 4.69) is 43.9 Å². The number of allylic oxidation sites excluding steroid dienone is 3. The molecule has 1 aromatic rings. The first-order valence-electron chi connectivity index (χ1n) is 14.9. The molecule has 0 aromatic heterocycles. The van der Waals surface area contributed by atoms with Crippen LogP contribution in [0.3, 0.4) is 0 Å². The normalized spacial score (nSPS) is 35.5. The average Bonchev–Trinajstić information content (AvgIpc) is 3.64. The van der Waals surface area contributed by atoms with Crippen molar-refractivity contribution in [3.05, 3.63) is 58.9 Å². The zero-order valence-corrected chi connectivity index (χ0v) is 23.3. The number of rotatable bonds is 7. The SMILES string of the molecule is CCCC(C1CCC2(C)C3Cc4ccc(C)cc4C12CCN3CC1CC1)N(C)C(=O)C1CC=CC=C1F. The van der Waals surface area contributed by atoms with Gasteiger partial charge in [0.05, 0.1) is 5.92 Å². The number of aryl methyl sites for hydroxylation is 1. The predicted octanol–water partition coefficient (Wildman–Crippen LogP) is 6.75. The molecule has 6 atom stereocenters. The van der Waals surface area contributed by atoms with Crippen LogP contribution in [0.4, 0.5) is 4.39 Å². The van der Waals surface area contributed by atoms with Crippen LogP contribution in [0.5, 0.6) is 0 Å². The molecule has 3 fully saturated rings. The van der Waals surface area contributed by atoms with Crippen LogP contribution in [0.25, 0.3) is 0 Å². The molecule has 6 unspecified atom stereocenters. The van der Waals surface area contributed by atoms with Gasteiger partial charge in [-0.15, -0.1) is 0 Å². The number of carbonyl (C=O) groups is 1. The summed E-state index contributed by atoms with van der Waals surface area (Å²) >= 11 is 0. The van der Waals surface area contributed by atoms with Crippen molar-refractivity contribution < 1.29 is 9.18 Å². The van der Waals surface area contributed by atoms with Crippen LogP contribution in [-0.4, -0.2) is 47.9 Å². The quantitative estimate of drug-likeness (QED) is 0.410. The van der Waals surface area contributed by atoms with Crippen molar-refractivity contribution in [3.8, 4) is 0 Å². The number of halogens is 1. The third kappa shape index (κ3) is 3.87. The highest BCUT2D eigenvalue weighted by molar-refractivity contribution is 5.82. The van der Waals surface area contributed by atoms with E-state index in [1.165, 1.54) is 56.0 Å². The molecule has 3 nitrogen and oxygen atoms in total. The van der Waals surface area contributed by atoms with Crippen LogP contribution < -0.4 is 0 Å². The number of amides is 1. The Morgan fingerprint density at radius 3 is 2.78 bits per heavy atom. The summed E-state index contributed by atoms with van der Waals surface area (Å²) in [6.07, 6.45) is 15.1. The number of benzene rings is 1. The second-order valence-electron chi connectivity index (χ2n) is 13.2. The van der Waals surface area contributed by atoms with Crippen molar-refractivity contribution in [2.75, 3.05) is 20.1 Å². The first-order chi connectivity index (χ1) is 17.8. The van der Waals surface area contributed by atoms with Gasteiger partial charge in [-0.1, -0.05) is 56.2 Å². The molecule has 1 amide bonds. The van der Waals surface area contributed by atoms with Gasteiger partial charge in [0.2, 0.25) is 5.91 Å². The second-order valence-corrected chi connectivity index (χ2v) is 13.2. The van der Waals surface area contributed by atoms with E-state index in [4.69, 9.17) is 0 Å². The fourth-order valence-corrected chi connectivity index (χ4v) is 9.21. The lowest BCUT2D eigenvalue weighted by molar-refractivity contribution is -0.138. The van der Waals surface area contributed by atoms with Crippen LogP contribution >= 0.6 is 0 Å². The van der Waals surface area contributed by atoms with Crippen LogP contribution in [0.15, 0.2) is 42.3 Å². The van der Waals surface area contributed by atoms with Crippen LogP contribution in [0, 0.1) is 30.1 Å². The van der Waals surface area contributed by atoms with Gasteiger partial charge < -0.3 is 4.90 Å². The molecule has 1 saturated heterocycles. The lowest BCUT2D eigenvalue weighted by atomic mass is 9.47. The van der Waals surface area contributed by atoms with Crippen molar-refractivity contribution in [2.45, 2.75) is 96.1 Å². The Labute approximate surface area is 223 Å². The molecular weight excluding hydrogens is 459 g/mol. The minimum Gasteiger partial charge on any atom is -0.342 e. The zero-order valence-electron chi connectivity index (χ0n) is 23.3. The average molecular weight is 505 g/mol. The van der Waals surface area contributed by atoms with Gasteiger partial charge in [0.25, 0.3) is 0 Å². The third-order valence-electron chi connectivity index (χ3n) is 11.2. The van der Waals surface area contributed by atoms with E-state index >= 15 is 0 Å². The van der Waals surface area contributed by atoms with Crippen molar-refractivity contribution >= 4 is 5.91 Å². The molecule has 1 aromatic carbocycles. The minimum atomic E-state index is -0.659. The molecule has 37 heavy (non-hydrogen) atoms. The Morgan fingerprint density at radius 1 is 1.24 bits per heavy atom. The van der Waals surface area contributed by atoms with Gasteiger partial charge in [-0.2, -0.15) is 0 Å². The van der Waals surface area contributed by atoms with Crippen LogP contribution in [0.1, 0.15) is 81.9 Å². The van der Waals surface area contributed by atoms with E-state index in [0.717, 1.165) is 31.6 Å². The van der Waals surface area contributed by atoms with Crippen molar-refractivity contribution in [3.63, 3.8) is 0 Å². The second kappa shape index (κ2) is 9.36. The molecule has 6 rings (SSSR count). The molecule has 200 valence electrons. The highest BCUT2D eigenvalue weighted by Gasteiger charge is 2.68. The smallest absolute Gasteiger partial charge is 0.232 e. The summed E-state index contributed by atoms with van der Waals surface area (Å²) in [5.41, 5.74) is 4.74. The maximum absolute atomic E-state index is 14.8. The first-order valence-corrected chi connectivity index (χ1v) is 14.9. The van der Waals surface area contributed by atoms with E-state index in [1.807, 2.05) is 18.0 Å². The largest absolute Gasteiger partial charge is 0.342 e. The summed E-state index contributed by atoms with van der Waals surface area (Å²) < 4.78 is 14.8. The summed E-state index contributed by atoms with van der Waals surface area (Å²) in [4.78, 5) is 18.6. The van der Waals surface area contributed by atoms with Gasteiger partial charge in [-0.25, -0.2) is 4.39 Å². The third-order valence-corrected chi connectivity index (χ3v) is 11.2. The standard InChI is InChI=1S/C33H45FN2O/c1-5-8-29(35(4)31(37)25-9-6-7-10-28(25)34)26-15-16-32(3)30-20-24-14-11-22(2)19-27(24)33(26,32)17-18-36(30)21-23-12-13-23/h6-7,10-11,14,19,23,25-26,29-30H,5,8-9,12-13,15-18,20-21H2,1-4H3. The summed E-state index contributed by atoms with van der Waals surface area (Å²) in [5.74, 6) is 0.329. The van der Waals surface area contributed by atoms with E-state index in [1.54, 1.807) is 11.6 Å². The Bertz CT molecular complexity index is 1120. The molecule has 4 heteroatoms. The molecule has 0 radical (unpaired) electrons. The summed E-state index contributed by atoms with van der Waals surface area (Å²) in [7, 11) is 1.97. The Morgan fingerprint density at radius 2 is 2.05 bits per heavy atom. The highest BCUT2D eigenvalue weighted by Crippen LogP contribution is 2.68.